The molecule has 1 atom stereocenters. The lowest BCUT2D eigenvalue weighted by Gasteiger charge is -2.38. The normalized spacial score (nSPS) is 23.1. The first kappa shape index (κ1) is 16.6. The number of hydrogen-bond donors (Lipinski definition) is 0. The third-order valence-electron chi connectivity index (χ3n) is 4.93. The molecule has 0 spiro atoms. The maximum absolute atomic E-state index is 12.5. The zero-order valence-corrected chi connectivity index (χ0v) is 14.6. The van der Waals surface area contributed by atoms with Crippen molar-refractivity contribution in [2.45, 2.75) is 19.8 Å². The van der Waals surface area contributed by atoms with Gasteiger partial charge in [-0.1, -0.05) is 30.7 Å². The summed E-state index contributed by atoms with van der Waals surface area (Å²) in [7, 11) is 0. The third-order valence-corrected chi connectivity index (χ3v) is 5.25. The Bertz CT molecular complexity index is 543. The van der Waals surface area contributed by atoms with Gasteiger partial charge in [0.2, 0.25) is 5.91 Å². The van der Waals surface area contributed by atoms with Crippen molar-refractivity contribution >= 4 is 23.2 Å². The second-order valence-corrected chi connectivity index (χ2v) is 7.21. The molecule has 2 aliphatic heterocycles. The second kappa shape index (κ2) is 7.54. The van der Waals surface area contributed by atoms with Gasteiger partial charge in [-0.2, -0.15) is 0 Å². The lowest BCUT2D eigenvalue weighted by Crippen LogP contribution is -2.51. The summed E-state index contributed by atoms with van der Waals surface area (Å²) in [6.45, 7) is 8.34. The molecule has 0 radical (unpaired) electrons. The van der Waals surface area contributed by atoms with Crippen LogP contribution in [0.15, 0.2) is 24.3 Å². The lowest BCUT2D eigenvalue weighted by atomic mass is 10.0. The molecular weight excluding hydrogens is 310 g/mol. The summed E-state index contributed by atoms with van der Waals surface area (Å²) in [5, 5.41) is 0.805. The minimum Gasteiger partial charge on any atom is -0.368 e. The number of carbonyl (C=O) groups is 1. The fourth-order valence-corrected chi connectivity index (χ4v) is 3.82. The Hall–Kier alpha value is -1.26. The molecule has 2 aliphatic rings. The molecule has 1 aromatic rings. The average molecular weight is 336 g/mol. The highest BCUT2D eigenvalue weighted by molar-refractivity contribution is 6.33. The molecule has 2 saturated heterocycles. The van der Waals surface area contributed by atoms with Crippen molar-refractivity contribution in [2.75, 3.05) is 50.7 Å². The van der Waals surface area contributed by atoms with E-state index < -0.39 is 0 Å². The van der Waals surface area contributed by atoms with Crippen LogP contribution < -0.4 is 4.90 Å². The zero-order valence-electron chi connectivity index (χ0n) is 13.9. The Morgan fingerprint density at radius 3 is 2.61 bits per heavy atom. The van der Waals surface area contributed by atoms with Gasteiger partial charge in [0, 0.05) is 39.3 Å². The van der Waals surface area contributed by atoms with Crippen LogP contribution in [-0.2, 0) is 4.79 Å². The second-order valence-electron chi connectivity index (χ2n) is 6.80. The number of anilines is 1. The van der Waals surface area contributed by atoms with Gasteiger partial charge < -0.3 is 9.80 Å². The molecule has 126 valence electrons. The summed E-state index contributed by atoms with van der Waals surface area (Å²) in [4.78, 5) is 19.1. The Labute approximate surface area is 144 Å². The number of rotatable bonds is 3. The molecule has 0 aromatic heterocycles. The van der Waals surface area contributed by atoms with Gasteiger partial charge in [0.15, 0.2) is 0 Å². The number of likely N-dealkylation sites (tertiary alicyclic amines) is 1. The van der Waals surface area contributed by atoms with Gasteiger partial charge in [-0.15, -0.1) is 0 Å². The first-order valence-electron chi connectivity index (χ1n) is 8.63. The zero-order chi connectivity index (χ0) is 16.2. The number of piperazine rings is 1. The standard InChI is InChI=1S/C18H26ClN3O/c1-15-5-4-8-22(13-15)18(23)14-20-9-11-21(12-10-20)17-7-3-2-6-16(17)19/h2-3,6-7,15H,4-5,8-14H2,1H3. The van der Waals surface area contributed by atoms with Crippen LogP contribution in [0.3, 0.4) is 0 Å². The minimum absolute atomic E-state index is 0.294. The van der Waals surface area contributed by atoms with Gasteiger partial charge in [0.05, 0.1) is 17.3 Å². The molecule has 1 amide bonds. The summed E-state index contributed by atoms with van der Waals surface area (Å²) in [5.74, 6) is 0.938. The van der Waals surface area contributed by atoms with Crippen molar-refractivity contribution in [3.05, 3.63) is 29.3 Å². The van der Waals surface area contributed by atoms with E-state index in [0.717, 1.165) is 56.4 Å². The molecule has 1 aromatic carbocycles. The third kappa shape index (κ3) is 4.18. The number of halogens is 1. The topological polar surface area (TPSA) is 26.8 Å². The van der Waals surface area contributed by atoms with Gasteiger partial charge in [-0.25, -0.2) is 0 Å². The van der Waals surface area contributed by atoms with E-state index in [0.29, 0.717) is 18.4 Å². The number of hydrogen-bond acceptors (Lipinski definition) is 3. The van der Waals surface area contributed by atoms with Crippen molar-refractivity contribution in [2.24, 2.45) is 5.92 Å². The highest BCUT2D eigenvalue weighted by atomic mass is 35.5. The van der Waals surface area contributed by atoms with Gasteiger partial charge in [-0.3, -0.25) is 9.69 Å². The molecule has 0 N–H and O–H groups in total. The van der Waals surface area contributed by atoms with E-state index in [-0.39, 0.29) is 0 Å². The minimum atomic E-state index is 0.294. The van der Waals surface area contributed by atoms with E-state index in [9.17, 15) is 4.79 Å². The van der Waals surface area contributed by atoms with Crippen LogP contribution in [0, 0.1) is 5.92 Å². The van der Waals surface area contributed by atoms with Gasteiger partial charge in [0.1, 0.15) is 0 Å². The van der Waals surface area contributed by atoms with E-state index >= 15 is 0 Å². The Balaban J connectivity index is 1.49. The maximum Gasteiger partial charge on any atom is 0.236 e. The number of benzene rings is 1. The molecular formula is C18H26ClN3O. The Kier molecular flexibility index (Phi) is 5.44. The van der Waals surface area contributed by atoms with Gasteiger partial charge in [-0.05, 0) is 30.9 Å². The fraction of sp³-hybridized carbons (Fsp3) is 0.611. The monoisotopic (exact) mass is 335 g/mol. The van der Waals surface area contributed by atoms with E-state index in [1.54, 1.807) is 0 Å². The van der Waals surface area contributed by atoms with E-state index in [1.807, 2.05) is 18.2 Å². The van der Waals surface area contributed by atoms with Crippen molar-refractivity contribution in [3.8, 4) is 0 Å². The number of carbonyl (C=O) groups excluding carboxylic acids is 1. The van der Waals surface area contributed by atoms with Crippen molar-refractivity contribution < 1.29 is 4.79 Å². The summed E-state index contributed by atoms with van der Waals surface area (Å²) in [5.41, 5.74) is 1.10. The predicted octanol–water partition coefficient (Wildman–Crippen LogP) is 2.72. The van der Waals surface area contributed by atoms with Crippen LogP contribution in [0.5, 0.6) is 0 Å². The first-order chi connectivity index (χ1) is 11.1. The molecule has 1 unspecified atom stereocenters. The van der Waals surface area contributed by atoms with E-state index in [2.05, 4.69) is 27.7 Å². The van der Waals surface area contributed by atoms with Crippen molar-refractivity contribution in [1.82, 2.24) is 9.80 Å². The smallest absolute Gasteiger partial charge is 0.236 e. The Morgan fingerprint density at radius 2 is 1.91 bits per heavy atom. The Morgan fingerprint density at radius 1 is 1.17 bits per heavy atom. The van der Waals surface area contributed by atoms with E-state index in [4.69, 9.17) is 11.6 Å². The van der Waals surface area contributed by atoms with Crippen LogP contribution in [-0.4, -0.2) is 61.5 Å². The number of piperidine rings is 1. The van der Waals surface area contributed by atoms with Gasteiger partial charge >= 0.3 is 0 Å². The summed E-state index contributed by atoms with van der Waals surface area (Å²) < 4.78 is 0. The molecule has 2 heterocycles. The number of para-hydroxylation sites is 1. The van der Waals surface area contributed by atoms with Crippen LogP contribution in [0.1, 0.15) is 19.8 Å². The number of amides is 1. The molecule has 0 saturated carbocycles. The van der Waals surface area contributed by atoms with E-state index in [1.165, 1.54) is 6.42 Å². The largest absolute Gasteiger partial charge is 0.368 e. The molecule has 3 rings (SSSR count). The quantitative estimate of drug-likeness (QED) is 0.849. The predicted molar refractivity (Wildman–Crippen MR) is 95.1 cm³/mol. The molecule has 5 heteroatoms. The van der Waals surface area contributed by atoms with Crippen molar-refractivity contribution in [1.29, 1.82) is 0 Å². The highest BCUT2D eigenvalue weighted by Crippen LogP contribution is 2.26. The summed E-state index contributed by atoms with van der Waals surface area (Å²) in [6, 6.07) is 7.98. The molecule has 23 heavy (non-hydrogen) atoms. The summed E-state index contributed by atoms with van der Waals surface area (Å²) in [6.07, 6.45) is 2.40. The molecule has 0 aliphatic carbocycles. The highest BCUT2D eigenvalue weighted by Gasteiger charge is 2.25. The van der Waals surface area contributed by atoms with Crippen LogP contribution in [0.25, 0.3) is 0 Å². The SMILES string of the molecule is CC1CCCN(C(=O)CN2CCN(c3ccccc3Cl)CC2)C1. The first-order valence-corrected chi connectivity index (χ1v) is 9.01. The molecule has 0 bridgehead atoms. The van der Waals surface area contributed by atoms with Crippen LogP contribution >= 0.6 is 11.6 Å². The summed E-state index contributed by atoms with van der Waals surface area (Å²) >= 11 is 6.28. The lowest BCUT2D eigenvalue weighted by molar-refractivity contribution is -0.134. The van der Waals surface area contributed by atoms with Gasteiger partial charge in [0.25, 0.3) is 0 Å². The van der Waals surface area contributed by atoms with Crippen LogP contribution in [0.4, 0.5) is 5.69 Å². The van der Waals surface area contributed by atoms with Crippen LogP contribution in [0.2, 0.25) is 5.02 Å². The maximum atomic E-state index is 12.5. The molecule has 2 fully saturated rings. The van der Waals surface area contributed by atoms with Crippen molar-refractivity contribution in [3.63, 3.8) is 0 Å². The number of nitrogens with zero attached hydrogens (tertiary/aromatic N) is 3. The molecule has 4 nitrogen and oxygen atoms in total. The average Bonchev–Trinajstić information content (AvgIpc) is 2.56. The fourth-order valence-electron chi connectivity index (χ4n) is 3.56.